The number of halogens is 2. The molecule has 0 saturated heterocycles. The summed E-state index contributed by atoms with van der Waals surface area (Å²) in [5, 5.41) is 12.8. The maximum Gasteiger partial charge on any atom is 0.343 e. The summed E-state index contributed by atoms with van der Waals surface area (Å²) in [7, 11) is 0. The molecular weight excluding hydrogens is 619 g/mol. The number of anilines is 1. The number of aromatic nitrogens is 2. The van der Waals surface area contributed by atoms with Crippen molar-refractivity contribution in [2.45, 2.75) is 0 Å². The van der Waals surface area contributed by atoms with Gasteiger partial charge in [0.25, 0.3) is 5.91 Å². The van der Waals surface area contributed by atoms with Gasteiger partial charge in [0.1, 0.15) is 17.4 Å². The lowest BCUT2D eigenvalue weighted by Gasteiger charge is -2.11. The van der Waals surface area contributed by atoms with E-state index in [9.17, 15) is 14.9 Å². The number of hydrogen-bond acceptors (Lipinski definition) is 6. The van der Waals surface area contributed by atoms with Gasteiger partial charge in [-0.05, 0) is 60.2 Å². The fourth-order valence-electron chi connectivity index (χ4n) is 4.67. The molecule has 0 aliphatic rings. The summed E-state index contributed by atoms with van der Waals surface area (Å²) in [5.74, 6) is -0.935. The van der Waals surface area contributed by atoms with Crippen LogP contribution in [-0.4, -0.2) is 21.8 Å². The van der Waals surface area contributed by atoms with Gasteiger partial charge in [0.15, 0.2) is 0 Å². The van der Waals surface area contributed by atoms with Crippen LogP contribution in [0.3, 0.4) is 0 Å². The van der Waals surface area contributed by atoms with Crippen LogP contribution in [0.2, 0.25) is 10.0 Å². The summed E-state index contributed by atoms with van der Waals surface area (Å²) >= 11 is 12.1. The van der Waals surface area contributed by atoms with Crippen LogP contribution in [0.1, 0.15) is 15.9 Å². The van der Waals surface area contributed by atoms with Crippen LogP contribution in [-0.2, 0) is 4.79 Å². The van der Waals surface area contributed by atoms with Gasteiger partial charge in [-0.25, -0.2) is 14.8 Å². The summed E-state index contributed by atoms with van der Waals surface area (Å²) in [6.45, 7) is 0. The Bertz CT molecular complexity index is 2160. The summed E-state index contributed by atoms with van der Waals surface area (Å²) < 4.78 is 5.62. The number of ether oxygens (including phenoxy) is 1. The van der Waals surface area contributed by atoms with Gasteiger partial charge < -0.3 is 10.1 Å². The van der Waals surface area contributed by atoms with Gasteiger partial charge in [0.2, 0.25) is 0 Å². The normalized spacial score (nSPS) is 11.1. The highest BCUT2D eigenvalue weighted by Gasteiger charge is 2.16. The lowest BCUT2D eigenvalue weighted by Crippen LogP contribution is -2.13. The number of carbonyl (C=O) groups is 2. The van der Waals surface area contributed by atoms with Crippen LogP contribution < -0.4 is 10.1 Å². The van der Waals surface area contributed by atoms with Gasteiger partial charge >= 0.3 is 5.97 Å². The molecule has 0 unspecified atom stereocenters. The van der Waals surface area contributed by atoms with Crippen molar-refractivity contribution in [3.63, 3.8) is 0 Å². The van der Waals surface area contributed by atoms with Gasteiger partial charge in [-0.1, -0.05) is 96.0 Å². The molecule has 1 aromatic heterocycles. The average Bonchev–Trinajstić information content (AvgIpc) is 3.09. The van der Waals surface area contributed by atoms with E-state index in [4.69, 9.17) is 37.9 Å². The standard InChI is InChI=1S/C37H22Cl2N4O3/c38-28-14-17-30(39)32(21-28)43-36(44)27(22-40)19-23-11-15-29(16-12-23)46-37(45)26-13-18-31-33(20-26)42-35(25-9-5-2-6-10-25)34(41-31)24-7-3-1-4-8-24/h1-21H,(H,43,44)/b27-19+. The summed E-state index contributed by atoms with van der Waals surface area (Å²) in [6, 6.07) is 37.6. The van der Waals surface area contributed by atoms with Crippen molar-refractivity contribution >= 4 is 57.9 Å². The van der Waals surface area contributed by atoms with E-state index in [1.165, 1.54) is 12.1 Å². The van der Waals surface area contributed by atoms with Gasteiger partial charge in [0.05, 0.1) is 38.7 Å². The smallest absolute Gasteiger partial charge is 0.343 e. The van der Waals surface area contributed by atoms with Crippen LogP contribution in [0.4, 0.5) is 5.69 Å². The fraction of sp³-hybridized carbons (Fsp3) is 0. The number of fused-ring (bicyclic) bond motifs is 1. The molecule has 0 saturated carbocycles. The number of carbonyl (C=O) groups excluding carboxylic acids is 2. The Labute approximate surface area is 274 Å². The zero-order valence-electron chi connectivity index (χ0n) is 23.9. The van der Waals surface area contributed by atoms with Crippen molar-refractivity contribution in [2.75, 3.05) is 5.32 Å². The molecule has 0 aliphatic heterocycles. The minimum absolute atomic E-state index is 0.150. The second-order valence-electron chi connectivity index (χ2n) is 10.1. The SMILES string of the molecule is N#C/C(=C\c1ccc(OC(=O)c2ccc3nc(-c4ccccc4)c(-c4ccccc4)nc3c2)cc1)C(=O)Nc1cc(Cl)ccc1Cl. The number of nitrogens with zero attached hydrogens (tertiary/aromatic N) is 3. The number of benzene rings is 5. The van der Waals surface area contributed by atoms with Crippen LogP contribution in [0, 0.1) is 11.3 Å². The van der Waals surface area contributed by atoms with Crippen LogP contribution in [0.25, 0.3) is 39.6 Å². The quantitative estimate of drug-likeness (QED) is 0.0807. The highest BCUT2D eigenvalue weighted by atomic mass is 35.5. The fourth-order valence-corrected chi connectivity index (χ4v) is 5.01. The monoisotopic (exact) mass is 640 g/mol. The highest BCUT2D eigenvalue weighted by Crippen LogP contribution is 2.31. The predicted octanol–water partition coefficient (Wildman–Crippen LogP) is 9.04. The molecule has 0 aliphatic carbocycles. The molecule has 0 fully saturated rings. The van der Waals surface area contributed by atoms with Gasteiger partial charge in [-0.2, -0.15) is 5.26 Å². The van der Waals surface area contributed by atoms with E-state index < -0.39 is 11.9 Å². The first-order valence-corrected chi connectivity index (χ1v) is 14.8. The van der Waals surface area contributed by atoms with E-state index >= 15 is 0 Å². The molecule has 0 bridgehead atoms. The van der Waals surface area contributed by atoms with Gasteiger partial charge in [-0.15, -0.1) is 0 Å². The third-order valence-corrected chi connectivity index (χ3v) is 7.50. The zero-order valence-corrected chi connectivity index (χ0v) is 25.5. The summed E-state index contributed by atoms with van der Waals surface area (Å²) in [6.07, 6.45) is 1.41. The largest absolute Gasteiger partial charge is 0.423 e. The third kappa shape index (κ3) is 6.79. The van der Waals surface area contributed by atoms with E-state index in [0.717, 1.165) is 16.8 Å². The Kier molecular flexibility index (Phi) is 8.84. The van der Waals surface area contributed by atoms with E-state index in [2.05, 4.69) is 5.32 Å². The number of nitrogens with one attached hydrogen (secondary N) is 1. The number of rotatable bonds is 7. The molecule has 0 spiro atoms. The molecule has 1 N–H and O–H groups in total. The Balaban J connectivity index is 1.21. The van der Waals surface area contributed by atoms with Crippen molar-refractivity contribution in [3.8, 4) is 34.3 Å². The second kappa shape index (κ2) is 13.4. The molecule has 222 valence electrons. The van der Waals surface area contributed by atoms with E-state index in [1.807, 2.05) is 66.7 Å². The molecule has 6 rings (SSSR count). The maximum atomic E-state index is 13.1. The molecule has 1 heterocycles. The van der Waals surface area contributed by atoms with Crippen molar-refractivity contribution in [2.24, 2.45) is 0 Å². The highest BCUT2D eigenvalue weighted by molar-refractivity contribution is 6.36. The molecule has 0 atom stereocenters. The first kappa shape index (κ1) is 30.2. The first-order chi connectivity index (χ1) is 22.4. The lowest BCUT2D eigenvalue weighted by atomic mass is 10.0. The van der Waals surface area contributed by atoms with Gasteiger partial charge in [0, 0.05) is 16.1 Å². The van der Waals surface area contributed by atoms with Crippen molar-refractivity contribution < 1.29 is 14.3 Å². The Morgan fingerprint density at radius 2 is 1.37 bits per heavy atom. The van der Waals surface area contributed by atoms with E-state index in [1.54, 1.807) is 54.6 Å². The molecule has 9 heteroatoms. The predicted molar refractivity (Wildman–Crippen MR) is 180 cm³/mol. The van der Waals surface area contributed by atoms with E-state index in [0.29, 0.717) is 32.9 Å². The number of esters is 1. The molecule has 1 amide bonds. The molecule has 5 aromatic carbocycles. The number of hydrogen-bond donors (Lipinski definition) is 1. The molecule has 7 nitrogen and oxygen atoms in total. The summed E-state index contributed by atoms with van der Waals surface area (Å²) in [4.78, 5) is 35.6. The van der Waals surface area contributed by atoms with Crippen molar-refractivity contribution in [1.29, 1.82) is 5.26 Å². The van der Waals surface area contributed by atoms with Crippen LogP contribution in [0.15, 0.2) is 127 Å². The number of nitriles is 1. The molecular formula is C37H22Cl2N4O3. The molecule has 6 aromatic rings. The number of amides is 1. The van der Waals surface area contributed by atoms with Gasteiger partial charge in [-0.3, -0.25) is 4.79 Å². The van der Waals surface area contributed by atoms with Crippen LogP contribution in [0.5, 0.6) is 5.75 Å². The molecule has 0 radical (unpaired) electrons. The molecule has 46 heavy (non-hydrogen) atoms. The van der Waals surface area contributed by atoms with Crippen molar-refractivity contribution in [1.82, 2.24) is 9.97 Å². The second-order valence-corrected chi connectivity index (χ2v) is 10.9. The lowest BCUT2D eigenvalue weighted by molar-refractivity contribution is -0.112. The maximum absolute atomic E-state index is 13.1. The third-order valence-electron chi connectivity index (χ3n) is 6.94. The zero-order chi connectivity index (χ0) is 32.0. The van der Waals surface area contributed by atoms with Crippen molar-refractivity contribution in [3.05, 3.63) is 148 Å². The first-order valence-electron chi connectivity index (χ1n) is 14.0. The van der Waals surface area contributed by atoms with Crippen LogP contribution >= 0.6 is 23.2 Å². The topological polar surface area (TPSA) is 105 Å². The minimum Gasteiger partial charge on any atom is -0.423 e. The Morgan fingerprint density at radius 3 is 2.00 bits per heavy atom. The average molecular weight is 642 g/mol. The van der Waals surface area contributed by atoms with E-state index in [-0.39, 0.29) is 22.0 Å². The minimum atomic E-state index is -0.645. The Hall–Kier alpha value is -5.81. The Morgan fingerprint density at radius 1 is 0.739 bits per heavy atom. The summed E-state index contributed by atoms with van der Waals surface area (Å²) in [5.41, 5.74) is 5.47.